The number of nitrogens with two attached hydrogens (primary N) is 1. The van der Waals surface area contributed by atoms with Gasteiger partial charge in [0, 0.05) is 13.0 Å². The van der Waals surface area contributed by atoms with Gasteiger partial charge < -0.3 is 21.1 Å². The lowest BCUT2D eigenvalue weighted by Crippen LogP contribution is -2.46. The van der Waals surface area contributed by atoms with Gasteiger partial charge in [-0.25, -0.2) is 4.57 Å². The summed E-state index contributed by atoms with van der Waals surface area (Å²) in [5.74, 6) is -0.176. The lowest BCUT2D eigenvalue weighted by molar-refractivity contribution is -0.123. The van der Waals surface area contributed by atoms with Gasteiger partial charge in [-0.05, 0) is 38.5 Å². The van der Waals surface area contributed by atoms with Gasteiger partial charge in [0.25, 0.3) is 0 Å². The summed E-state index contributed by atoms with van der Waals surface area (Å²) in [4.78, 5) is 22.4. The Bertz CT molecular complexity index is 649. The summed E-state index contributed by atoms with van der Waals surface area (Å²) in [5, 5.41) is 13.6. The lowest BCUT2D eigenvalue weighted by Gasteiger charge is -2.25. The first-order chi connectivity index (χ1) is 19.4. The van der Waals surface area contributed by atoms with Crippen LogP contribution in [-0.2, 0) is 18.4 Å². The van der Waals surface area contributed by atoms with E-state index in [1.54, 1.807) is 0 Å². The van der Waals surface area contributed by atoms with E-state index in [0.717, 1.165) is 51.4 Å². The number of amides is 1. The van der Waals surface area contributed by atoms with Crippen LogP contribution in [0.2, 0.25) is 0 Å². The number of aliphatic hydroxyl groups excluding tert-OH is 1. The van der Waals surface area contributed by atoms with Crippen molar-refractivity contribution in [1.29, 1.82) is 0 Å². The highest BCUT2D eigenvalue weighted by molar-refractivity contribution is 7.47. The molecule has 40 heavy (non-hydrogen) atoms. The molecule has 238 valence electrons. The summed E-state index contributed by atoms with van der Waals surface area (Å²) in [6.45, 7) is 4.12. The molecule has 8 nitrogen and oxygen atoms in total. The molecule has 0 saturated heterocycles. The Morgan fingerprint density at radius 3 is 1.88 bits per heavy atom. The highest BCUT2D eigenvalue weighted by Gasteiger charge is 2.27. The molecule has 0 aromatic heterocycles. The number of unbranched alkanes of at least 4 members (excludes halogenated alkanes) is 16. The quantitative estimate of drug-likeness (QED) is 0.0383. The number of rotatable bonds is 30. The molecular formula is C31H63N2O6P. The zero-order valence-corrected chi connectivity index (χ0v) is 26.7. The van der Waals surface area contributed by atoms with Crippen LogP contribution in [0.3, 0.4) is 0 Å². The second-order valence-corrected chi connectivity index (χ2v) is 12.5. The SMILES string of the molecule is CCCCCC/C=C\CCCCCCCC(=O)NC(COP(=O)(O)OCCN)C(O)CCCCCCCCCC. The molecule has 3 unspecified atom stereocenters. The van der Waals surface area contributed by atoms with Gasteiger partial charge in [-0.1, -0.05) is 116 Å². The van der Waals surface area contributed by atoms with Gasteiger partial charge in [0.15, 0.2) is 0 Å². The fourth-order valence-corrected chi connectivity index (χ4v) is 5.36. The van der Waals surface area contributed by atoms with Gasteiger partial charge >= 0.3 is 7.82 Å². The molecule has 9 heteroatoms. The van der Waals surface area contributed by atoms with Crippen LogP contribution in [-0.4, -0.2) is 47.8 Å². The smallest absolute Gasteiger partial charge is 0.391 e. The molecule has 3 atom stereocenters. The van der Waals surface area contributed by atoms with Crippen molar-refractivity contribution in [3.63, 3.8) is 0 Å². The highest BCUT2D eigenvalue weighted by atomic mass is 31.2. The van der Waals surface area contributed by atoms with Crippen molar-refractivity contribution in [3.8, 4) is 0 Å². The maximum atomic E-state index is 12.6. The van der Waals surface area contributed by atoms with Crippen LogP contribution in [0.5, 0.6) is 0 Å². The van der Waals surface area contributed by atoms with E-state index in [1.807, 2.05) is 0 Å². The average Bonchev–Trinajstić information content (AvgIpc) is 2.93. The summed E-state index contributed by atoms with van der Waals surface area (Å²) >= 11 is 0. The minimum atomic E-state index is -4.29. The standard InChI is InChI=1S/C31H63N2O6P/c1-3-5-7-9-11-13-14-15-16-17-19-21-23-25-31(35)33-29(28-39-40(36,37)38-27-26-32)30(34)24-22-20-18-12-10-8-6-4-2/h13-14,29-30,34H,3-12,15-28,32H2,1-2H3,(H,33,35)(H,36,37)/b14-13-. The molecule has 0 aromatic rings. The normalized spacial score (nSPS) is 14.8. The van der Waals surface area contributed by atoms with E-state index in [4.69, 9.17) is 14.8 Å². The predicted octanol–water partition coefficient (Wildman–Crippen LogP) is 7.71. The molecule has 0 aliphatic carbocycles. The number of phosphoric ester groups is 1. The van der Waals surface area contributed by atoms with Crippen molar-refractivity contribution >= 4 is 13.7 Å². The van der Waals surface area contributed by atoms with E-state index in [9.17, 15) is 19.4 Å². The highest BCUT2D eigenvalue weighted by Crippen LogP contribution is 2.43. The molecule has 0 spiro atoms. The zero-order valence-electron chi connectivity index (χ0n) is 25.8. The van der Waals surface area contributed by atoms with Crippen molar-refractivity contribution in [2.24, 2.45) is 5.73 Å². The molecule has 0 aromatic carbocycles. The van der Waals surface area contributed by atoms with E-state index >= 15 is 0 Å². The molecule has 0 aliphatic rings. The summed E-state index contributed by atoms with van der Waals surface area (Å²) in [6.07, 6.45) is 26.5. The van der Waals surface area contributed by atoms with Crippen molar-refractivity contribution in [3.05, 3.63) is 12.2 Å². The molecule has 0 fully saturated rings. The Hall–Kier alpha value is -0.760. The van der Waals surface area contributed by atoms with E-state index in [1.165, 1.54) is 70.6 Å². The summed E-state index contributed by atoms with van der Waals surface area (Å²) in [7, 11) is -4.29. The number of hydrogen-bond donors (Lipinski definition) is 4. The average molecular weight is 591 g/mol. The number of carbonyl (C=O) groups excluding carboxylic acids is 1. The molecule has 0 radical (unpaired) electrons. The number of hydrogen-bond acceptors (Lipinski definition) is 6. The minimum absolute atomic E-state index is 0.0883. The summed E-state index contributed by atoms with van der Waals surface area (Å²) < 4.78 is 21.9. The van der Waals surface area contributed by atoms with Crippen LogP contribution in [0.1, 0.15) is 149 Å². The maximum absolute atomic E-state index is 12.6. The van der Waals surface area contributed by atoms with Crippen molar-refractivity contribution < 1.29 is 28.4 Å². The molecule has 1 amide bonds. The number of aliphatic hydroxyl groups is 1. The van der Waals surface area contributed by atoms with Gasteiger partial charge in [0.2, 0.25) is 5.91 Å². The minimum Gasteiger partial charge on any atom is -0.391 e. The maximum Gasteiger partial charge on any atom is 0.472 e. The number of phosphoric acid groups is 1. The Balaban J connectivity index is 4.32. The monoisotopic (exact) mass is 590 g/mol. The predicted molar refractivity (Wildman–Crippen MR) is 166 cm³/mol. The number of allylic oxidation sites excluding steroid dienone is 2. The molecule has 0 rings (SSSR count). The van der Waals surface area contributed by atoms with E-state index in [-0.39, 0.29) is 25.7 Å². The number of carbonyl (C=O) groups is 1. The van der Waals surface area contributed by atoms with Gasteiger partial charge in [-0.2, -0.15) is 0 Å². The Kier molecular flexibility index (Phi) is 27.8. The van der Waals surface area contributed by atoms with Crippen LogP contribution < -0.4 is 11.1 Å². The largest absolute Gasteiger partial charge is 0.472 e. The van der Waals surface area contributed by atoms with Crippen molar-refractivity contribution in [2.75, 3.05) is 19.8 Å². The van der Waals surface area contributed by atoms with Gasteiger partial charge in [0.1, 0.15) is 0 Å². The van der Waals surface area contributed by atoms with Gasteiger partial charge in [-0.3, -0.25) is 13.8 Å². The second-order valence-electron chi connectivity index (χ2n) is 11.0. The fourth-order valence-electron chi connectivity index (χ4n) is 4.60. The van der Waals surface area contributed by atoms with E-state index < -0.39 is 20.0 Å². The lowest BCUT2D eigenvalue weighted by atomic mass is 10.0. The first kappa shape index (κ1) is 39.2. The first-order valence-corrected chi connectivity index (χ1v) is 17.8. The number of nitrogens with one attached hydrogen (secondary N) is 1. The van der Waals surface area contributed by atoms with E-state index in [0.29, 0.717) is 12.8 Å². The van der Waals surface area contributed by atoms with Crippen LogP contribution in [0.25, 0.3) is 0 Å². The van der Waals surface area contributed by atoms with Gasteiger partial charge in [0.05, 0.1) is 25.4 Å². The fraction of sp³-hybridized carbons (Fsp3) is 0.903. The van der Waals surface area contributed by atoms with Crippen LogP contribution in [0.15, 0.2) is 12.2 Å². The molecular weight excluding hydrogens is 527 g/mol. The molecule has 0 saturated carbocycles. The zero-order chi connectivity index (χ0) is 29.7. The molecule has 0 heterocycles. The Labute approximate surface area is 245 Å². The third kappa shape index (κ3) is 26.2. The van der Waals surface area contributed by atoms with E-state index in [2.05, 4.69) is 31.3 Å². The Morgan fingerprint density at radius 1 is 0.800 bits per heavy atom. The second kappa shape index (κ2) is 28.4. The Morgan fingerprint density at radius 2 is 1.30 bits per heavy atom. The van der Waals surface area contributed by atoms with Crippen molar-refractivity contribution in [1.82, 2.24) is 5.32 Å². The molecule has 5 N–H and O–H groups in total. The summed E-state index contributed by atoms with van der Waals surface area (Å²) in [5.41, 5.74) is 5.33. The summed E-state index contributed by atoms with van der Waals surface area (Å²) in [6, 6.07) is -0.771. The van der Waals surface area contributed by atoms with Crippen LogP contribution >= 0.6 is 7.82 Å². The molecule has 0 aliphatic heterocycles. The van der Waals surface area contributed by atoms with Crippen LogP contribution in [0, 0.1) is 0 Å². The topological polar surface area (TPSA) is 131 Å². The first-order valence-electron chi connectivity index (χ1n) is 16.3. The van der Waals surface area contributed by atoms with Crippen molar-refractivity contribution in [2.45, 2.75) is 161 Å². The third-order valence-electron chi connectivity index (χ3n) is 7.12. The third-order valence-corrected chi connectivity index (χ3v) is 8.10. The van der Waals surface area contributed by atoms with Gasteiger partial charge in [-0.15, -0.1) is 0 Å². The van der Waals surface area contributed by atoms with Crippen LogP contribution in [0.4, 0.5) is 0 Å². The molecule has 0 bridgehead atoms.